The minimum absolute atomic E-state index is 0.103. The van der Waals surface area contributed by atoms with Crippen LogP contribution in [0.4, 0.5) is 10.1 Å². The average Bonchev–Trinajstić information content (AvgIpc) is 2.47. The number of amides is 1. The van der Waals surface area contributed by atoms with Gasteiger partial charge in [0.1, 0.15) is 5.82 Å². The van der Waals surface area contributed by atoms with Crippen LogP contribution in [-0.2, 0) is 4.74 Å². The number of hydrogen-bond donors (Lipinski definition) is 0. The second-order valence-corrected chi connectivity index (χ2v) is 5.51. The van der Waals surface area contributed by atoms with Gasteiger partial charge in [-0.15, -0.1) is 0 Å². The van der Waals surface area contributed by atoms with Gasteiger partial charge in [-0.05, 0) is 38.0 Å². The maximum Gasteiger partial charge on any atom is 0.253 e. The lowest BCUT2D eigenvalue weighted by atomic mass is 10.1. The molecule has 1 amide bonds. The summed E-state index contributed by atoms with van der Waals surface area (Å²) in [6.07, 6.45) is 1.93. The summed E-state index contributed by atoms with van der Waals surface area (Å²) < 4.78 is 19.5. The van der Waals surface area contributed by atoms with Gasteiger partial charge in [0, 0.05) is 39.4 Å². The zero-order valence-electron chi connectivity index (χ0n) is 12.9. The van der Waals surface area contributed by atoms with Crippen molar-refractivity contribution in [3.8, 4) is 0 Å². The second kappa shape index (κ2) is 6.89. The summed E-state index contributed by atoms with van der Waals surface area (Å²) in [5.41, 5.74) is 0.898. The number of benzene rings is 1. The Morgan fingerprint density at radius 1 is 1.38 bits per heavy atom. The lowest BCUT2D eigenvalue weighted by Gasteiger charge is -2.32. The number of halogens is 1. The molecule has 1 aromatic carbocycles. The summed E-state index contributed by atoms with van der Waals surface area (Å²) in [5.74, 6) is -0.468. The Bertz CT molecular complexity index is 497. The van der Waals surface area contributed by atoms with Crippen molar-refractivity contribution >= 4 is 11.6 Å². The van der Waals surface area contributed by atoms with Gasteiger partial charge >= 0.3 is 0 Å². The standard InChI is InChI=1S/C16H23FN2O2/c1-4-21-13-7-9-19(10-8-13)16(20)12-5-6-15(18(2)3)14(17)11-12/h5-6,11,13H,4,7-10H2,1-3H3. The Morgan fingerprint density at radius 3 is 2.57 bits per heavy atom. The molecule has 4 nitrogen and oxygen atoms in total. The van der Waals surface area contributed by atoms with Crippen molar-refractivity contribution in [2.75, 3.05) is 38.7 Å². The van der Waals surface area contributed by atoms with Gasteiger partial charge in [0.25, 0.3) is 5.91 Å². The number of piperidine rings is 1. The number of nitrogens with zero attached hydrogens (tertiary/aromatic N) is 2. The number of anilines is 1. The minimum Gasteiger partial charge on any atom is -0.378 e. The molecular weight excluding hydrogens is 271 g/mol. The van der Waals surface area contributed by atoms with Gasteiger partial charge in [0.05, 0.1) is 11.8 Å². The highest BCUT2D eigenvalue weighted by atomic mass is 19.1. The number of carbonyl (C=O) groups is 1. The first-order valence-electron chi connectivity index (χ1n) is 7.40. The predicted octanol–water partition coefficient (Wildman–Crippen LogP) is 2.53. The minimum atomic E-state index is -0.366. The molecule has 1 aromatic rings. The summed E-state index contributed by atoms with van der Waals surface area (Å²) in [6, 6.07) is 4.66. The van der Waals surface area contributed by atoms with Crippen molar-refractivity contribution in [2.45, 2.75) is 25.9 Å². The third-order valence-corrected chi connectivity index (χ3v) is 3.81. The van der Waals surface area contributed by atoms with Crippen molar-refractivity contribution in [1.29, 1.82) is 0 Å². The normalized spacial score (nSPS) is 16.1. The van der Waals surface area contributed by atoms with Gasteiger partial charge in [-0.3, -0.25) is 4.79 Å². The molecule has 0 spiro atoms. The van der Waals surface area contributed by atoms with E-state index in [0.717, 1.165) is 12.8 Å². The fourth-order valence-electron chi connectivity index (χ4n) is 2.65. The number of hydrogen-bond acceptors (Lipinski definition) is 3. The lowest BCUT2D eigenvalue weighted by molar-refractivity contribution is 0.0146. The molecule has 0 saturated carbocycles. The van der Waals surface area contributed by atoms with Crippen LogP contribution in [0.25, 0.3) is 0 Å². The fourth-order valence-corrected chi connectivity index (χ4v) is 2.65. The number of likely N-dealkylation sites (tertiary alicyclic amines) is 1. The highest BCUT2D eigenvalue weighted by Crippen LogP contribution is 2.21. The molecule has 116 valence electrons. The molecule has 1 aliphatic rings. The summed E-state index contributed by atoms with van der Waals surface area (Å²) in [4.78, 5) is 15.9. The van der Waals surface area contributed by atoms with Crippen LogP contribution in [-0.4, -0.2) is 50.7 Å². The molecule has 0 atom stereocenters. The molecule has 5 heteroatoms. The smallest absolute Gasteiger partial charge is 0.253 e. The Morgan fingerprint density at radius 2 is 2.05 bits per heavy atom. The fraction of sp³-hybridized carbons (Fsp3) is 0.562. The Hall–Kier alpha value is -1.62. The predicted molar refractivity (Wildman–Crippen MR) is 81.3 cm³/mol. The molecule has 1 fully saturated rings. The number of rotatable bonds is 4. The molecule has 0 unspecified atom stereocenters. The van der Waals surface area contributed by atoms with E-state index in [1.807, 2.05) is 6.92 Å². The summed E-state index contributed by atoms with van der Waals surface area (Å²) in [6.45, 7) is 4.02. The molecular formula is C16H23FN2O2. The molecule has 1 aliphatic heterocycles. The highest BCUT2D eigenvalue weighted by molar-refractivity contribution is 5.94. The van der Waals surface area contributed by atoms with Crippen LogP contribution in [0.15, 0.2) is 18.2 Å². The molecule has 1 saturated heterocycles. The first kappa shape index (κ1) is 15.8. The molecule has 2 rings (SSSR count). The molecule has 0 aliphatic carbocycles. The maximum absolute atomic E-state index is 14.0. The molecule has 0 bridgehead atoms. The average molecular weight is 294 g/mol. The van der Waals surface area contributed by atoms with Crippen molar-refractivity contribution in [3.05, 3.63) is 29.6 Å². The summed E-state index contributed by atoms with van der Waals surface area (Å²) in [5, 5.41) is 0. The Kier molecular flexibility index (Phi) is 5.17. The molecule has 0 radical (unpaired) electrons. The van der Waals surface area contributed by atoms with Gasteiger partial charge in [0.2, 0.25) is 0 Å². The van der Waals surface area contributed by atoms with E-state index in [9.17, 15) is 9.18 Å². The molecule has 0 aromatic heterocycles. The quantitative estimate of drug-likeness (QED) is 0.855. The molecule has 21 heavy (non-hydrogen) atoms. The van der Waals surface area contributed by atoms with Crippen LogP contribution in [0, 0.1) is 5.82 Å². The van der Waals surface area contributed by atoms with Gasteiger partial charge in [-0.2, -0.15) is 0 Å². The van der Waals surface area contributed by atoms with Crippen LogP contribution < -0.4 is 4.90 Å². The third-order valence-electron chi connectivity index (χ3n) is 3.81. The van der Waals surface area contributed by atoms with Gasteiger partial charge in [-0.25, -0.2) is 4.39 Å². The van der Waals surface area contributed by atoms with Gasteiger partial charge in [-0.1, -0.05) is 0 Å². The SMILES string of the molecule is CCOC1CCN(C(=O)c2ccc(N(C)C)c(F)c2)CC1. The van der Waals surface area contributed by atoms with E-state index in [4.69, 9.17) is 4.74 Å². The zero-order chi connectivity index (χ0) is 15.4. The summed E-state index contributed by atoms with van der Waals surface area (Å²) in [7, 11) is 3.55. The van der Waals surface area contributed by atoms with Gasteiger partial charge in [0.15, 0.2) is 0 Å². The number of ether oxygens (including phenoxy) is 1. The van der Waals surface area contributed by atoms with Crippen molar-refractivity contribution < 1.29 is 13.9 Å². The molecule has 1 heterocycles. The van der Waals surface area contributed by atoms with E-state index in [1.54, 1.807) is 36.0 Å². The van der Waals surface area contributed by atoms with Crippen LogP contribution >= 0.6 is 0 Å². The first-order chi connectivity index (χ1) is 10.0. The largest absolute Gasteiger partial charge is 0.378 e. The van der Waals surface area contributed by atoms with Crippen LogP contribution in [0.2, 0.25) is 0 Å². The van der Waals surface area contributed by atoms with E-state index < -0.39 is 0 Å². The van der Waals surface area contributed by atoms with Crippen LogP contribution in [0.5, 0.6) is 0 Å². The summed E-state index contributed by atoms with van der Waals surface area (Å²) >= 11 is 0. The number of carbonyl (C=O) groups excluding carboxylic acids is 1. The molecule has 0 N–H and O–H groups in total. The van der Waals surface area contributed by atoms with Crippen molar-refractivity contribution in [1.82, 2.24) is 4.90 Å². The monoisotopic (exact) mass is 294 g/mol. The van der Waals surface area contributed by atoms with Crippen molar-refractivity contribution in [2.24, 2.45) is 0 Å². The van der Waals surface area contributed by atoms with E-state index in [0.29, 0.717) is 30.9 Å². The van der Waals surface area contributed by atoms with Crippen LogP contribution in [0.1, 0.15) is 30.1 Å². The lowest BCUT2D eigenvalue weighted by Crippen LogP contribution is -2.40. The van der Waals surface area contributed by atoms with Crippen LogP contribution in [0.3, 0.4) is 0 Å². The third kappa shape index (κ3) is 3.73. The van der Waals surface area contributed by atoms with E-state index in [2.05, 4.69) is 0 Å². The maximum atomic E-state index is 14.0. The topological polar surface area (TPSA) is 32.8 Å². The van der Waals surface area contributed by atoms with E-state index in [1.165, 1.54) is 6.07 Å². The van der Waals surface area contributed by atoms with E-state index >= 15 is 0 Å². The van der Waals surface area contributed by atoms with Gasteiger partial charge < -0.3 is 14.5 Å². The zero-order valence-corrected chi connectivity index (χ0v) is 12.9. The Balaban J connectivity index is 2.02. The second-order valence-electron chi connectivity index (χ2n) is 5.51. The van der Waals surface area contributed by atoms with Crippen molar-refractivity contribution in [3.63, 3.8) is 0 Å². The Labute approximate surface area is 125 Å². The first-order valence-corrected chi connectivity index (χ1v) is 7.40. The van der Waals surface area contributed by atoms with E-state index in [-0.39, 0.29) is 17.8 Å². The highest BCUT2D eigenvalue weighted by Gasteiger charge is 2.24.